The Balaban J connectivity index is -0.0000000267. The molecule has 0 atom stereocenters. The molecule has 4 nitrogen and oxygen atoms in total. The van der Waals surface area contributed by atoms with Gasteiger partial charge < -0.3 is 19.2 Å². The van der Waals surface area contributed by atoms with E-state index in [2.05, 4.69) is 0 Å². The molecule has 0 aliphatic rings. The van der Waals surface area contributed by atoms with Gasteiger partial charge in [-0.3, -0.25) is 0 Å². The number of hydrogen-bond acceptors (Lipinski definition) is 4. The molecule has 0 aromatic rings. The van der Waals surface area contributed by atoms with E-state index in [1.54, 1.807) is 0 Å². The fourth-order valence-corrected chi connectivity index (χ4v) is 0. The molecule has 0 spiro atoms. The van der Waals surface area contributed by atoms with Crippen LogP contribution in [0.2, 0.25) is 0 Å². The summed E-state index contributed by atoms with van der Waals surface area (Å²) < 4.78 is 0. The van der Waals surface area contributed by atoms with E-state index in [0.717, 1.165) is 0 Å². The minimum atomic E-state index is -4.61. The van der Waals surface area contributed by atoms with Crippen LogP contribution in [0.15, 0.2) is 0 Å². The molecule has 0 unspecified atom stereocenters. The van der Waals surface area contributed by atoms with Crippen LogP contribution in [0.1, 0.15) is 0 Å². The van der Waals surface area contributed by atoms with Crippen LogP contribution < -0.4 is 0 Å². The summed E-state index contributed by atoms with van der Waals surface area (Å²) in [4.78, 5) is 29.3. The van der Waals surface area contributed by atoms with E-state index in [1.165, 1.54) is 0 Å². The summed E-state index contributed by atoms with van der Waals surface area (Å²) in [7, 11) is -4.61. The van der Waals surface area contributed by atoms with E-state index in [0.29, 0.717) is 0 Å². The molecule has 0 aliphatic heterocycles. The Morgan fingerprint density at radius 1 is 0.875 bits per heavy atom. The zero-order valence-electron chi connectivity index (χ0n) is 3.65. The third-order valence-corrected chi connectivity index (χ3v) is 0. The van der Waals surface area contributed by atoms with Crippen molar-refractivity contribution in [1.82, 2.24) is 0 Å². The molecule has 4 N–H and O–H groups in total. The second-order valence-corrected chi connectivity index (χ2v) is 1.80. The predicted octanol–water partition coefficient (Wildman–Crippen LogP) is -2.62. The van der Waals surface area contributed by atoms with Crippen molar-refractivity contribution in [1.29, 1.82) is 0 Å². The van der Waals surface area contributed by atoms with Crippen LogP contribution in [0, 0.1) is 0 Å². The van der Waals surface area contributed by atoms with Crippen LogP contribution in [0.5, 0.6) is 0 Å². The third-order valence-electron chi connectivity index (χ3n) is 0. The van der Waals surface area contributed by atoms with Crippen molar-refractivity contribution in [2.75, 3.05) is 0 Å². The molecule has 0 bridgehead atoms. The molecule has 8 heavy (non-hydrogen) atoms. The zero-order valence-corrected chi connectivity index (χ0v) is 9.64. The molecular weight excluding hydrogens is 275 g/mol. The Morgan fingerprint density at radius 2 is 0.875 bits per heavy atom. The summed E-state index contributed by atoms with van der Waals surface area (Å²) in [6.07, 6.45) is 0. The van der Waals surface area contributed by atoms with Gasteiger partial charge in [-0.2, -0.15) is 0 Å². The molecule has 0 rings (SSSR count). The van der Waals surface area contributed by atoms with E-state index in [4.69, 9.17) is 19.2 Å². The summed E-state index contributed by atoms with van der Waals surface area (Å²) in [5, 5.41) is 0. The van der Waals surface area contributed by atoms with Crippen molar-refractivity contribution >= 4 is 9.05 Å². The Hall–Kier alpha value is 1.68. The summed E-state index contributed by atoms with van der Waals surface area (Å²) in [5.74, 6) is 0. The fraction of sp³-hybridized carbons (Fsp3) is 0. The molecule has 0 aromatic heterocycles. The van der Waals surface area contributed by atoms with E-state index < -0.39 is 9.05 Å². The minimum Gasteiger partial charge on any atom is -0.368 e. The van der Waals surface area contributed by atoms with Crippen molar-refractivity contribution < 1.29 is 71.9 Å². The maximum atomic E-state index is 7.33. The van der Waals surface area contributed by atoms with Crippen LogP contribution in [0.4, 0.5) is 0 Å². The SMILES string of the molecule is O[Si](O)(O)O.[Co].[Ni].[Zn]. The molecule has 1 radical (unpaired) electrons. The molecule has 0 fully saturated rings. The summed E-state index contributed by atoms with van der Waals surface area (Å²) in [6, 6.07) is 0. The van der Waals surface area contributed by atoms with E-state index >= 15 is 0 Å². The number of hydrogen-bond donors (Lipinski definition) is 4. The topological polar surface area (TPSA) is 80.9 Å². The van der Waals surface area contributed by atoms with E-state index in [-0.39, 0.29) is 52.7 Å². The van der Waals surface area contributed by atoms with E-state index in [9.17, 15) is 0 Å². The molecule has 0 amide bonds. The normalized spacial score (nSPS) is 7.50. The molecule has 0 aliphatic carbocycles. The smallest absolute Gasteiger partial charge is 0.368 e. The van der Waals surface area contributed by atoms with Gasteiger partial charge in [0.2, 0.25) is 0 Å². The van der Waals surface area contributed by atoms with Gasteiger partial charge >= 0.3 is 9.05 Å². The molecule has 0 saturated heterocycles. The van der Waals surface area contributed by atoms with Gasteiger partial charge in [-0.05, 0) is 0 Å². The molecule has 53 valence electrons. The second-order valence-electron chi connectivity index (χ2n) is 0.600. The first-order chi connectivity index (χ1) is 2.00. The Bertz CT molecular complexity index is 31.5. The van der Waals surface area contributed by atoms with Crippen LogP contribution in [0.25, 0.3) is 0 Å². The van der Waals surface area contributed by atoms with Crippen LogP contribution in [-0.2, 0) is 52.7 Å². The Kier molecular flexibility index (Phi) is 24.5. The molecule has 0 aromatic carbocycles. The first-order valence-electron chi connectivity index (χ1n) is 0.894. The van der Waals surface area contributed by atoms with Gasteiger partial charge in [0.05, 0.1) is 0 Å². The maximum absolute atomic E-state index is 7.33. The number of rotatable bonds is 0. The van der Waals surface area contributed by atoms with Gasteiger partial charge in [0.1, 0.15) is 0 Å². The largest absolute Gasteiger partial charge is 0.668 e. The summed E-state index contributed by atoms with van der Waals surface area (Å²) >= 11 is 0. The van der Waals surface area contributed by atoms with Gasteiger partial charge in [-0.1, -0.05) is 0 Å². The molecule has 0 heterocycles. The van der Waals surface area contributed by atoms with E-state index in [1.807, 2.05) is 0 Å². The molecule has 0 saturated carbocycles. The second kappa shape index (κ2) is 8.68. The van der Waals surface area contributed by atoms with Crippen LogP contribution in [0.3, 0.4) is 0 Å². The van der Waals surface area contributed by atoms with Gasteiger partial charge in [-0.15, -0.1) is 0 Å². The van der Waals surface area contributed by atoms with Crippen molar-refractivity contribution in [3.8, 4) is 0 Å². The minimum absolute atomic E-state index is 0. The summed E-state index contributed by atoms with van der Waals surface area (Å²) in [6.45, 7) is 0. The zero-order chi connectivity index (χ0) is 4.50. The molecule has 8 heteroatoms. The van der Waals surface area contributed by atoms with Crippen molar-refractivity contribution in [2.45, 2.75) is 0 Å². The van der Waals surface area contributed by atoms with Crippen molar-refractivity contribution in [3.63, 3.8) is 0 Å². The van der Waals surface area contributed by atoms with Gasteiger partial charge in [-0.25, -0.2) is 0 Å². The monoisotopic (exact) mass is 277 g/mol. The fourth-order valence-electron chi connectivity index (χ4n) is 0. The first-order valence-corrected chi connectivity index (χ1v) is 2.68. The quantitative estimate of drug-likeness (QED) is 0.366. The molecular formula is H4CoNiO4SiZn. The Morgan fingerprint density at radius 3 is 0.875 bits per heavy atom. The van der Waals surface area contributed by atoms with Crippen LogP contribution >= 0.6 is 0 Å². The summed E-state index contributed by atoms with van der Waals surface area (Å²) in [5.41, 5.74) is 0. The van der Waals surface area contributed by atoms with Gasteiger partial charge in [0.25, 0.3) is 0 Å². The average Bonchev–Trinajstić information content (AvgIpc) is 0.722. The van der Waals surface area contributed by atoms with Crippen molar-refractivity contribution in [2.24, 2.45) is 0 Å². The third kappa shape index (κ3) is 121. The van der Waals surface area contributed by atoms with Gasteiger partial charge in [0.15, 0.2) is 0 Å². The average molecular weight is 279 g/mol. The Labute approximate surface area is 80.7 Å². The van der Waals surface area contributed by atoms with Crippen LogP contribution in [-0.4, -0.2) is 28.2 Å². The van der Waals surface area contributed by atoms with Gasteiger partial charge in [0, 0.05) is 52.7 Å². The predicted molar refractivity (Wildman–Crippen MR) is 14.6 cm³/mol. The standard InChI is InChI=1S/Co.Ni.H4O4Si.Zn/c;;1-5(2,3)4;/h;;1-4H;. The maximum Gasteiger partial charge on any atom is 0.668 e. The van der Waals surface area contributed by atoms with Crippen molar-refractivity contribution in [3.05, 3.63) is 0 Å². The first kappa shape index (κ1) is 22.6.